The van der Waals surface area contributed by atoms with Gasteiger partial charge in [-0.2, -0.15) is 0 Å². The Hall–Kier alpha value is -5.18. The van der Waals surface area contributed by atoms with Gasteiger partial charge in [-0.3, -0.25) is 15.0 Å². The molecule has 224 valence electrons. The SMILES string of the molecule is O=[N+]([O-])c1cc(C(O)CN(Cc2ccccc2)CC(c2ccc(O)cc2)c2ccc(O)cc2)ccc1OCc1ccccc1. The maximum atomic E-state index is 12.0. The molecule has 0 aliphatic carbocycles. The van der Waals surface area contributed by atoms with E-state index in [0.717, 1.165) is 22.3 Å². The van der Waals surface area contributed by atoms with Gasteiger partial charge in [-0.15, -0.1) is 0 Å². The van der Waals surface area contributed by atoms with E-state index < -0.39 is 11.0 Å². The lowest BCUT2D eigenvalue weighted by atomic mass is 9.90. The first kappa shape index (κ1) is 30.3. The summed E-state index contributed by atoms with van der Waals surface area (Å²) in [6.07, 6.45) is -1.03. The molecule has 0 aliphatic heterocycles. The van der Waals surface area contributed by atoms with Crippen LogP contribution in [-0.4, -0.2) is 38.2 Å². The van der Waals surface area contributed by atoms with E-state index in [0.29, 0.717) is 18.7 Å². The average Bonchev–Trinajstić information content (AvgIpc) is 3.04. The molecule has 0 spiro atoms. The zero-order valence-corrected chi connectivity index (χ0v) is 24.1. The second-order valence-electron chi connectivity index (χ2n) is 10.7. The number of nitro benzene ring substituents is 1. The molecule has 5 rings (SSSR count). The minimum atomic E-state index is -1.03. The summed E-state index contributed by atoms with van der Waals surface area (Å²) in [5, 5.41) is 43.2. The number of aliphatic hydroxyl groups is 1. The number of phenols is 2. The largest absolute Gasteiger partial charge is 0.508 e. The molecule has 0 aromatic heterocycles. The number of benzene rings is 5. The predicted octanol–water partition coefficient (Wildman–Crippen LogP) is 6.95. The molecule has 8 nitrogen and oxygen atoms in total. The third kappa shape index (κ3) is 8.01. The van der Waals surface area contributed by atoms with Crippen molar-refractivity contribution in [2.75, 3.05) is 13.1 Å². The van der Waals surface area contributed by atoms with Crippen molar-refractivity contribution in [2.45, 2.75) is 25.2 Å². The van der Waals surface area contributed by atoms with Crippen LogP contribution >= 0.6 is 0 Å². The highest BCUT2D eigenvalue weighted by atomic mass is 16.6. The first-order chi connectivity index (χ1) is 21.4. The Morgan fingerprint density at radius 3 is 1.75 bits per heavy atom. The van der Waals surface area contributed by atoms with Crippen molar-refractivity contribution < 1.29 is 25.0 Å². The molecule has 0 heterocycles. The van der Waals surface area contributed by atoms with E-state index in [4.69, 9.17) is 4.74 Å². The Balaban J connectivity index is 1.41. The molecule has 8 heteroatoms. The quantitative estimate of drug-likeness (QED) is 0.100. The van der Waals surface area contributed by atoms with Gasteiger partial charge in [0.2, 0.25) is 0 Å². The van der Waals surface area contributed by atoms with Crippen molar-refractivity contribution in [3.8, 4) is 17.2 Å². The molecule has 1 atom stereocenters. The molecule has 0 radical (unpaired) electrons. The molecule has 1 unspecified atom stereocenters. The highest BCUT2D eigenvalue weighted by molar-refractivity contribution is 5.49. The third-order valence-electron chi connectivity index (χ3n) is 7.51. The van der Waals surface area contributed by atoms with Gasteiger partial charge in [-0.05, 0) is 58.1 Å². The van der Waals surface area contributed by atoms with Crippen molar-refractivity contribution in [3.05, 3.63) is 165 Å². The highest BCUT2D eigenvalue weighted by Gasteiger charge is 2.24. The Morgan fingerprint density at radius 1 is 0.682 bits per heavy atom. The number of rotatable bonds is 13. The summed E-state index contributed by atoms with van der Waals surface area (Å²) in [6, 6.07) is 37.9. The fraction of sp³-hybridized carbons (Fsp3) is 0.167. The summed E-state index contributed by atoms with van der Waals surface area (Å²) >= 11 is 0. The number of aromatic hydroxyl groups is 2. The van der Waals surface area contributed by atoms with E-state index in [9.17, 15) is 25.4 Å². The number of hydrogen-bond acceptors (Lipinski definition) is 7. The normalized spacial score (nSPS) is 11.9. The zero-order chi connectivity index (χ0) is 30.9. The molecule has 0 amide bonds. The highest BCUT2D eigenvalue weighted by Crippen LogP contribution is 2.33. The zero-order valence-electron chi connectivity index (χ0n) is 24.1. The number of nitro groups is 1. The average molecular weight is 591 g/mol. The van der Waals surface area contributed by atoms with Gasteiger partial charge in [0.25, 0.3) is 0 Å². The molecule has 0 saturated heterocycles. The van der Waals surface area contributed by atoms with Crippen LogP contribution in [0.1, 0.15) is 39.8 Å². The summed E-state index contributed by atoms with van der Waals surface area (Å²) in [6.45, 7) is 1.39. The topological polar surface area (TPSA) is 116 Å². The van der Waals surface area contributed by atoms with Crippen molar-refractivity contribution in [1.29, 1.82) is 0 Å². The first-order valence-corrected chi connectivity index (χ1v) is 14.3. The number of phenolic OH excluding ortho intramolecular Hbond substituents is 2. The van der Waals surface area contributed by atoms with Gasteiger partial charge in [0.05, 0.1) is 11.0 Å². The van der Waals surface area contributed by atoms with Gasteiger partial charge in [0, 0.05) is 31.6 Å². The molecular formula is C36H34N2O6. The molecule has 0 saturated carbocycles. The van der Waals surface area contributed by atoms with Gasteiger partial charge in [-0.1, -0.05) is 91.0 Å². The Morgan fingerprint density at radius 2 is 1.20 bits per heavy atom. The molecular weight excluding hydrogens is 556 g/mol. The summed E-state index contributed by atoms with van der Waals surface area (Å²) in [5.41, 5.74) is 4.05. The Labute approximate surface area is 256 Å². The van der Waals surface area contributed by atoms with Gasteiger partial charge < -0.3 is 20.1 Å². The Kier molecular flexibility index (Phi) is 9.86. The maximum Gasteiger partial charge on any atom is 0.311 e. The molecule has 0 fully saturated rings. The van der Waals surface area contributed by atoms with E-state index >= 15 is 0 Å². The molecule has 0 aliphatic rings. The van der Waals surface area contributed by atoms with Gasteiger partial charge >= 0.3 is 5.69 Å². The van der Waals surface area contributed by atoms with Crippen LogP contribution in [0.5, 0.6) is 17.2 Å². The van der Waals surface area contributed by atoms with Crippen molar-refractivity contribution in [2.24, 2.45) is 0 Å². The first-order valence-electron chi connectivity index (χ1n) is 14.3. The molecule has 5 aromatic rings. The number of ether oxygens (including phenoxy) is 1. The molecule has 5 aromatic carbocycles. The summed E-state index contributed by atoms with van der Waals surface area (Å²) < 4.78 is 5.78. The lowest BCUT2D eigenvalue weighted by molar-refractivity contribution is -0.386. The summed E-state index contributed by atoms with van der Waals surface area (Å²) in [5.74, 6) is 0.297. The van der Waals surface area contributed by atoms with Gasteiger partial charge in [0.15, 0.2) is 5.75 Å². The summed E-state index contributed by atoms with van der Waals surface area (Å²) in [4.78, 5) is 13.6. The lowest BCUT2D eigenvalue weighted by Crippen LogP contribution is -2.33. The number of aliphatic hydroxyl groups excluding tert-OH is 1. The van der Waals surface area contributed by atoms with E-state index in [-0.39, 0.29) is 42.0 Å². The fourth-order valence-electron chi connectivity index (χ4n) is 5.21. The second kappa shape index (κ2) is 14.3. The van der Waals surface area contributed by atoms with Crippen LogP contribution in [0.3, 0.4) is 0 Å². The smallest absolute Gasteiger partial charge is 0.311 e. The maximum absolute atomic E-state index is 12.0. The van der Waals surface area contributed by atoms with E-state index in [1.165, 1.54) is 12.1 Å². The van der Waals surface area contributed by atoms with Crippen LogP contribution in [0.25, 0.3) is 0 Å². The van der Waals surface area contributed by atoms with E-state index in [2.05, 4.69) is 4.90 Å². The van der Waals surface area contributed by atoms with Gasteiger partial charge in [-0.25, -0.2) is 0 Å². The Bertz CT molecular complexity index is 1600. The molecule has 3 N–H and O–H groups in total. The monoisotopic (exact) mass is 590 g/mol. The van der Waals surface area contributed by atoms with Crippen LogP contribution in [0.4, 0.5) is 5.69 Å². The van der Waals surface area contributed by atoms with Crippen LogP contribution in [-0.2, 0) is 13.2 Å². The standard InChI is InChI=1S/C36H34N2O6/c39-31-16-11-28(12-17-31)33(29-13-18-32(40)19-14-29)23-37(22-26-7-3-1-4-8-26)24-35(41)30-15-20-36(34(21-30)38(42)43)44-25-27-9-5-2-6-10-27/h1-21,33,35,39-41H,22-25H2. The predicted molar refractivity (Wildman–Crippen MR) is 169 cm³/mol. The molecule has 0 bridgehead atoms. The third-order valence-corrected chi connectivity index (χ3v) is 7.51. The van der Waals surface area contributed by atoms with Crippen LogP contribution in [0.2, 0.25) is 0 Å². The summed E-state index contributed by atoms with van der Waals surface area (Å²) in [7, 11) is 0. The lowest BCUT2D eigenvalue weighted by Gasteiger charge is -2.30. The van der Waals surface area contributed by atoms with Crippen LogP contribution in [0.15, 0.2) is 127 Å². The van der Waals surface area contributed by atoms with Crippen LogP contribution < -0.4 is 4.74 Å². The molecule has 44 heavy (non-hydrogen) atoms. The van der Waals surface area contributed by atoms with E-state index in [1.807, 2.05) is 84.9 Å². The second-order valence-corrected chi connectivity index (χ2v) is 10.7. The van der Waals surface area contributed by atoms with E-state index in [1.54, 1.807) is 30.3 Å². The van der Waals surface area contributed by atoms with Crippen molar-refractivity contribution >= 4 is 5.69 Å². The van der Waals surface area contributed by atoms with Crippen molar-refractivity contribution in [1.82, 2.24) is 4.90 Å². The minimum absolute atomic E-state index is 0.135. The van der Waals surface area contributed by atoms with Gasteiger partial charge in [0.1, 0.15) is 18.1 Å². The number of nitrogens with zero attached hydrogens (tertiary/aromatic N) is 2. The minimum Gasteiger partial charge on any atom is -0.508 e. The number of hydrogen-bond donors (Lipinski definition) is 3. The fourth-order valence-corrected chi connectivity index (χ4v) is 5.21. The van der Waals surface area contributed by atoms with Crippen LogP contribution in [0, 0.1) is 10.1 Å². The van der Waals surface area contributed by atoms with Crippen molar-refractivity contribution in [3.63, 3.8) is 0 Å².